The van der Waals surface area contributed by atoms with Crippen LogP contribution < -0.4 is 16.7 Å². The fraction of sp³-hybridized carbons (Fsp3) is 0.333. The van der Waals surface area contributed by atoms with Crippen molar-refractivity contribution in [2.75, 3.05) is 0 Å². The van der Waals surface area contributed by atoms with Gasteiger partial charge in [-0.15, -0.1) is 0 Å². The summed E-state index contributed by atoms with van der Waals surface area (Å²) in [6.45, 7) is 0. The molecule has 6 heteroatoms. The highest BCUT2D eigenvalue weighted by Gasteiger charge is 2.51. The molecule has 0 heterocycles. The third kappa shape index (κ3) is 3.50. The highest BCUT2D eigenvalue weighted by atomic mass is 32.1. The molecule has 5 nitrogen and oxygen atoms in total. The molecule has 4 fully saturated rings. The molecule has 4 unspecified atom stereocenters. The lowest BCUT2D eigenvalue weighted by atomic mass is 9.75. The number of aromatic hydroxyl groups is 1. The molecule has 4 aliphatic carbocycles. The van der Waals surface area contributed by atoms with Crippen molar-refractivity contribution in [3.63, 3.8) is 0 Å². The maximum absolute atomic E-state index is 9.80. The van der Waals surface area contributed by atoms with Crippen LogP contribution in [0, 0.1) is 23.7 Å². The SMILES string of the molecule is NNC(=S)N/N=C/c1ccc(/C(=C2\C3CC4CC(C3)C2C4)c2ccc(O)cc2)cc1. The molecule has 4 saturated carbocycles. The van der Waals surface area contributed by atoms with E-state index in [1.54, 1.807) is 23.9 Å². The number of hydrazine groups is 1. The summed E-state index contributed by atoms with van der Waals surface area (Å²) in [6, 6.07) is 16.2. The lowest BCUT2D eigenvalue weighted by Crippen LogP contribution is -2.37. The molecule has 4 atom stereocenters. The minimum Gasteiger partial charge on any atom is -0.508 e. The van der Waals surface area contributed by atoms with Gasteiger partial charge in [-0.25, -0.2) is 5.84 Å². The van der Waals surface area contributed by atoms with E-state index in [1.165, 1.54) is 42.4 Å². The first kappa shape index (κ1) is 19.3. The van der Waals surface area contributed by atoms with Crippen LogP contribution >= 0.6 is 12.2 Å². The van der Waals surface area contributed by atoms with E-state index in [-0.39, 0.29) is 5.11 Å². The Bertz CT molecular complexity index is 1010. The van der Waals surface area contributed by atoms with Crippen LogP contribution in [0.2, 0.25) is 0 Å². The summed E-state index contributed by atoms with van der Waals surface area (Å²) < 4.78 is 0. The second kappa shape index (κ2) is 7.85. The number of phenolic OH excluding ortho intramolecular Hbond substituents is 1. The Balaban J connectivity index is 1.51. The predicted octanol–water partition coefficient (Wildman–Crippen LogP) is 3.93. The molecule has 0 aliphatic heterocycles. The predicted molar refractivity (Wildman–Crippen MR) is 124 cm³/mol. The normalized spacial score (nSPS) is 28.2. The molecule has 154 valence electrons. The number of hydrazone groups is 1. The van der Waals surface area contributed by atoms with Crippen LogP contribution in [-0.4, -0.2) is 16.4 Å². The molecule has 6 rings (SSSR count). The van der Waals surface area contributed by atoms with Crippen molar-refractivity contribution in [3.05, 3.63) is 70.8 Å². The summed E-state index contributed by atoms with van der Waals surface area (Å²) in [7, 11) is 0. The maximum Gasteiger partial charge on any atom is 0.201 e. The van der Waals surface area contributed by atoms with E-state index in [1.807, 2.05) is 0 Å². The topological polar surface area (TPSA) is 82.7 Å². The molecule has 2 aromatic carbocycles. The molecule has 0 saturated heterocycles. The monoisotopic (exact) mass is 418 g/mol. The van der Waals surface area contributed by atoms with E-state index in [2.05, 4.69) is 52.4 Å². The van der Waals surface area contributed by atoms with E-state index >= 15 is 0 Å². The Labute approximate surface area is 182 Å². The van der Waals surface area contributed by atoms with Gasteiger partial charge in [-0.1, -0.05) is 42.0 Å². The summed E-state index contributed by atoms with van der Waals surface area (Å²) in [5.74, 6) is 8.78. The van der Waals surface area contributed by atoms with Gasteiger partial charge in [-0.2, -0.15) is 5.10 Å². The smallest absolute Gasteiger partial charge is 0.201 e. The lowest BCUT2D eigenvalue weighted by Gasteiger charge is -2.30. The quantitative estimate of drug-likeness (QED) is 0.262. The Morgan fingerprint density at radius 1 is 1.00 bits per heavy atom. The molecule has 0 amide bonds. The van der Waals surface area contributed by atoms with E-state index < -0.39 is 0 Å². The van der Waals surface area contributed by atoms with Crippen LogP contribution in [0.25, 0.3) is 5.57 Å². The second-order valence-corrected chi connectivity index (χ2v) is 9.12. The molecule has 30 heavy (non-hydrogen) atoms. The number of benzene rings is 2. The van der Waals surface area contributed by atoms with Gasteiger partial charge in [0.2, 0.25) is 5.11 Å². The lowest BCUT2D eigenvalue weighted by molar-refractivity contribution is 0.317. The molecule has 2 aromatic rings. The van der Waals surface area contributed by atoms with E-state index in [0.29, 0.717) is 11.7 Å². The number of phenols is 1. The average molecular weight is 419 g/mol. The summed E-state index contributed by atoms with van der Waals surface area (Å²) in [4.78, 5) is 0. The molecular formula is C24H26N4OS. The van der Waals surface area contributed by atoms with Gasteiger partial charge < -0.3 is 5.11 Å². The van der Waals surface area contributed by atoms with Gasteiger partial charge in [0.15, 0.2) is 0 Å². The molecule has 0 aromatic heterocycles. The van der Waals surface area contributed by atoms with E-state index in [9.17, 15) is 5.11 Å². The number of allylic oxidation sites excluding steroid dienone is 1. The fourth-order valence-electron chi connectivity index (χ4n) is 5.95. The van der Waals surface area contributed by atoms with Crippen molar-refractivity contribution in [2.24, 2.45) is 34.6 Å². The Morgan fingerprint density at radius 3 is 2.37 bits per heavy atom. The Morgan fingerprint density at radius 2 is 1.70 bits per heavy atom. The van der Waals surface area contributed by atoms with Gasteiger partial charge >= 0.3 is 0 Å². The van der Waals surface area contributed by atoms with Crippen molar-refractivity contribution in [2.45, 2.75) is 25.7 Å². The highest BCUT2D eigenvalue weighted by molar-refractivity contribution is 7.80. The molecule has 0 spiro atoms. The van der Waals surface area contributed by atoms with Crippen molar-refractivity contribution in [1.29, 1.82) is 0 Å². The first-order valence-electron chi connectivity index (χ1n) is 10.6. The summed E-state index contributed by atoms with van der Waals surface area (Å²) >= 11 is 4.92. The number of rotatable bonds is 4. The molecule has 4 bridgehead atoms. The van der Waals surface area contributed by atoms with Gasteiger partial charge in [0.25, 0.3) is 0 Å². The Kier molecular flexibility index (Phi) is 5.05. The number of nitrogens with one attached hydrogen (secondary N) is 2. The van der Waals surface area contributed by atoms with Crippen molar-refractivity contribution in [3.8, 4) is 5.75 Å². The van der Waals surface area contributed by atoms with Crippen LogP contribution in [0.3, 0.4) is 0 Å². The van der Waals surface area contributed by atoms with Crippen molar-refractivity contribution in [1.82, 2.24) is 10.9 Å². The third-order valence-corrected chi connectivity index (χ3v) is 7.20. The number of thiocarbonyl (C=S) groups is 1. The molecule has 0 radical (unpaired) electrons. The van der Waals surface area contributed by atoms with Gasteiger partial charge in [-0.05, 0) is 96.0 Å². The van der Waals surface area contributed by atoms with Gasteiger partial charge in [0.05, 0.1) is 6.21 Å². The van der Waals surface area contributed by atoms with Crippen molar-refractivity contribution < 1.29 is 5.11 Å². The van der Waals surface area contributed by atoms with Crippen LogP contribution in [0.4, 0.5) is 0 Å². The zero-order valence-electron chi connectivity index (χ0n) is 16.7. The number of nitrogens with two attached hydrogens (primary N) is 1. The second-order valence-electron chi connectivity index (χ2n) is 8.72. The van der Waals surface area contributed by atoms with E-state index in [0.717, 1.165) is 23.3 Å². The van der Waals surface area contributed by atoms with Gasteiger partial charge in [-0.3, -0.25) is 10.9 Å². The minimum atomic E-state index is 0.272. The van der Waals surface area contributed by atoms with Crippen molar-refractivity contribution >= 4 is 29.1 Å². The van der Waals surface area contributed by atoms with Gasteiger partial charge in [0, 0.05) is 0 Å². The zero-order chi connectivity index (χ0) is 20.7. The number of nitrogens with zero attached hydrogens (tertiary/aromatic N) is 1. The summed E-state index contributed by atoms with van der Waals surface area (Å²) in [5.41, 5.74) is 11.4. The van der Waals surface area contributed by atoms with Gasteiger partial charge in [0.1, 0.15) is 5.75 Å². The van der Waals surface area contributed by atoms with Crippen LogP contribution in [0.15, 0.2) is 59.2 Å². The maximum atomic E-state index is 9.80. The van der Waals surface area contributed by atoms with Crippen LogP contribution in [-0.2, 0) is 0 Å². The Hall–Kier alpha value is -2.70. The molecule has 5 N–H and O–H groups in total. The minimum absolute atomic E-state index is 0.272. The van der Waals surface area contributed by atoms with E-state index in [4.69, 9.17) is 18.1 Å². The third-order valence-electron chi connectivity index (χ3n) is 6.99. The standard InChI is InChI=1S/C24H26N4OS/c25-27-24(30)28-26-13-14-1-3-16(4-2-14)22(17-5-7-20(29)8-6-17)23-19-10-15-9-18(12-19)21(23)11-15/h1-8,13,15,18-19,21,29H,9-12,25H2,(H2,27,28,30)/b23-22-,26-13+. The molecular weight excluding hydrogens is 392 g/mol. The van der Waals surface area contributed by atoms with Crippen LogP contribution in [0.5, 0.6) is 5.75 Å². The molecule has 4 aliphatic rings. The largest absolute Gasteiger partial charge is 0.508 e. The summed E-state index contributed by atoms with van der Waals surface area (Å²) in [5, 5.41) is 14.2. The highest BCUT2D eigenvalue weighted by Crippen LogP contribution is 2.62. The number of hydrogen-bond donors (Lipinski definition) is 4. The average Bonchev–Trinajstić information content (AvgIpc) is 3.18. The van der Waals surface area contributed by atoms with Crippen LogP contribution in [0.1, 0.15) is 42.4 Å². The zero-order valence-corrected chi connectivity index (χ0v) is 17.5. The number of hydrogen-bond acceptors (Lipinski definition) is 4. The first-order chi connectivity index (χ1) is 14.6. The fourth-order valence-corrected chi connectivity index (χ4v) is 6.00. The summed E-state index contributed by atoms with van der Waals surface area (Å²) in [6.07, 6.45) is 7.18. The first-order valence-corrected chi connectivity index (χ1v) is 11.0.